The van der Waals surface area contributed by atoms with Crippen molar-refractivity contribution in [3.8, 4) is 11.5 Å². The van der Waals surface area contributed by atoms with Crippen molar-refractivity contribution in [2.24, 2.45) is 0 Å². The van der Waals surface area contributed by atoms with Crippen molar-refractivity contribution in [1.82, 2.24) is 9.80 Å². The zero-order valence-electron chi connectivity index (χ0n) is 15.7. The van der Waals surface area contributed by atoms with E-state index in [9.17, 15) is 10.2 Å². The lowest BCUT2D eigenvalue weighted by Gasteiger charge is -2.46. The Kier molecular flexibility index (Phi) is 7.04. The SMILES string of the molecule is COc1cc(CN2CCN(C3CCCCC3)[C@H](CCO)C2)c(Cl)cc1O. The lowest BCUT2D eigenvalue weighted by atomic mass is 9.91. The van der Waals surface area contributed by atoms with Gasteiger partial charge in [-0.05, 0) is 30.9 Å². The van der Waals surface area contributed by atoms with E-state index >= 15 is 0 Å². The molecule has 5 nitrogen and oxygen atoms in total. The van der Waals surface area contributed by atoms with Crippen LogP contribution in [0, 0.1) is 0 Å². The molecule has 1 saturated heterocycles. The van der Waals surface area contributed by atoms with Gasteiger partial charge in [-0.3, -0.25) is 9.80 Å². The lowest BCUT2D eigenvalue weighted by Crippen LogP contribution is -2.56. The summed E-state index contributed by atoms with van der Waals surface area (Å²) in [7, 11) is 1.55. The number of aliphatic hydroxyl groups is 1. The summed E-state index contributed by atoms with van der Waals surface area (Å²) in [5.41, 5.74) is 0.968. The van der Waals surface area contributed by atoms with Gasteiger partial charge in [0, 0.05) is 56.0 Å². The van der Waals surface area contributed by atoms with Gasteiger partial charge in [0.05, 0.1) is 7.11 Å². The first-order chi connectivity index (χ1) is 12.6. The first kappa shape index (κ1) is 19.7. The van der Waals surface area contributed by atoms with Crippen molar-refractivity contribution in [2.75, 3.05) is 33.4 Å². The van der Waals surface area contributed by atoms with E-state index in [4.69, 9.17) is 16.3 Å². The minimum Gasteiger partial charge on any atom is -0.504 e. The van der Waals surface area contributed by atoms with Gasteiger partial charge in [0.25, 0.3) is 0 Å². The Morgan fingerprint density at radius 3 is 2.65 bits per heavy atom. The fraction of sp³-hybridized carbons (Fsp3) is 0.700. The van der Waals surface area contributed by atoms with Crippen LogP contribution in [0.5, 0.6) is 11.5 Å². The summed E-state index contributed by atoms with van der Waals surface area (Å²) in [5, 5.41) is 20.0. The number of benzene rings is 1. The maximum Gasteiger partial charge on any atom is 0.160 e. The molecule has 2 fully saturated rings. The van der Waals surface area contributed by atoms with Crippen molar-refractivity contribution < 1.29 is 14.9 Å². The number of halogens is 1. The van der Waals surface area contributed by atoms with Gasteiger partial charge < -0.3 is 14.9 Å². The number of aromatic hydroxyl groups is 1. The van der Waals surface area contributed by atoms with Crippen LogP contribution < -0.4 is 4.74 Å². The van der Waals surface area contributed by atoms with Crippen LogP contribution in [0.25, 0.3) is 0 Å². The average Bonchev–Trinajstić information content (AvgIpc) is 2.65. The molecule has 1 aromatic rings. The van der Waals surface area contributed by atoms with Crippen molar-refractivity contribution in [3.05, 3.63) is 22.7 Å². The molecule has 0 radical (unpaired) electrons. The first-order valence-electron chi connectivity index (χ1n) is 9.76. The van der Waals surface area contributed by atoms with Gasteiger partial charge in [0.2, 0.25) is 0 Å². The third-order valence-corrected chi connectivity index (χ3v) is 6.21. The minimum atomic E-state index is 0.0709. The third-order valence-electron chi connectivity index (χ3n) is 5.86. The standard InChI is InChI=1S/C20H31ClN2O3/c1-26-20-11-15(18(21)12-19(20)25)13-22-8-9-23(17(14-22)7-10-24)16-5-3-2-4-6-16/h11-12,16-17,24-25H,2-10,13-14H2,1H3/t17-/m1/s1. The molecule has 1 aliphatic heterocycles. The van der Waals surface area contributed by atoms with Crippen molar-refractivity contribution in [3.63, 3.8) is 0 Å². The Hall–Kier alpha value is -1.01. The van der Waals surface area contributed by atoms with Crippen LogP contribution in [-0.4, -0.2) is 65.4 Å². The number of hydrogen-bond donors (Lipinski definition) is 2. The summed E-state index contributed by atoms with van der Waals surface area (Å²) in [6.07, 6.45) is 7.44. The van der Waals surface area contributed by atoms with E-state index in [1.165, 1.54) is 32.1 Å². The van der Waals surface area contributed by atoms with Gasteiger partial charge in [0.15, 0.2) is 11.5 Å². The van der Waals surface area contributed by atoms with E-state index < -0.39 is 0 Å². The number of phenols is 1. The quantitative estimate of drug-likeness (QED) is 0.790. The summed E-state index contributed by atoms with van der Waals surface area (Å²) in [4.78, 5) is 5.04. The molecular weight excluding hydrogens is 352 g/mol. The molecule has 6 heteroatoms. The summed E-state index contributed by atoms with van der Waals surface area (Å²) >= 11 is 6.33. The van der Waals surface area contributed by atoms with Gasteiger partial charge in [-0.15, -0.1) is 0 Å². The van der Waals surface area contributed by atoms with E-state index in [1.807, 2.05) is 6.07 Å². The normalized spacial score (nSPS) is 23.3. The summed E-state index contributed by atoms with van der Waals surface area (Å²) in [5.74, 6) is 0.527. The molecule has 0 spiro atoms. The van der Waals surface area contributed by atoms with Crippen molar-refractivity contribution in [2.45, 2.75) is 57.2 Å². The smallest absolute Gasteiger partial charge is 0.160 e. The molecule has 1 heterocycles. The van der Waals surface area contributed by atoms with Crippen LogP contribution in [0.3, 0.4) is 0 Å². The first-order valence-corrected chi connectivity index (χ1v) is 10.1. The van der Waals surface area contributed by atoms with Crippen LogP contribution in [-0.2, 0) is 6.54 Å². The van der Waals surface area contributed by atoms with E-state index in [2.05, 4.69) is 9.80 Å². The molecule has 26 heavy (non-hydrogen) atoms. The molecule has 1 aromatic carbocycles. The minimum absolute atomic E-state index is 0.0709. The van der Waals surface area contributed by atoms with Gasteiger partial charge in [-0.1, -0.05) is 30.9 Å². The lowest BCUT2D eigenvalue weighted by molar-refractivity contribution is 0.0136. The highest BCUT2D eigenvalue weighted by atomic mass is 35.5. The Morgan fingerprint density at radius 1 is 1.19 bits per heavy atom. The molecule has 0 unspecified atom stereocenters. The molecular formula is C20H31ClN2O3. The van der Waals surface area contributed by atoms with E-state index in [0.29, 0.717) is 22.9 Å². The van der Waals surface area contributed by atoms with Crippen LogP contribution in [0.2, 0.25) is 5.02 Å². The average molecular weight is 383 g/mol. The number of nitrogens with zero attached hydrogens (tertiary/aromatic N) is 2. The second-order valence-electron chi connectivity index (χ2n) is 7.55. The molecule has 1 atom stereocenters. The Bertz CT molecular complexity index is 593. The number of ether oxygens (including phenoxy) is 1. The van der Waals surface area contributed by atoms with Crippen LogP contribution >= 0.6 is 11.6 Å². The Labute approximate surface area is 161 Å². The van der Waals surface area contributed by atoms with E-state index in [0.717, 1.165) is 38.2 Å². The fourth-order valence-corrected chi connectivity index (χ4v) is 4.71. The number of rotatable bonds is 6. The maximum absolute atomic E-state index is 9.86. The predicted molar refractivity (Wildman–Crippen MR) is 104 cm³/mol. The number of methoxy groups -OCH3 is 1. The number of piperazine rings is 1. The largest absolute Gasteiger partial charge is 0.504 e. The van der Waals surface area contributed by atoms with Crippen molar-refractivity contribution in [1.29, 1.82) is 0 Å². The second-order valence-corrected chi connectivity index (χ2v) is 7.95. The molecule has 2 aliphatic rings. The third kappa shape index (κ3) is 4.63. The van der Waals surface area contributed by atoms with Gasteiger partial charge in [-0.2, -0.15) is 0 Å². The molecule has 0 amide bonds. The summed E-state index contributed by atoms with van der Waals surface area (Å²) in [6.45, 7) is 3.95. The Morgan fingerprint density at radius 2 is 1.96 bits per heavy atom. The summed E-state index contributed by atoms with van der Waals surface area (Å²) in [6, 6.07) is 4.46. The molecule has 2 N–H and O–H groups in total. The van der Waals surface area contributed by atoms with E-state index in [-0.39, 0.29) is 12.4 Å². The Balaban J connectivity index is 1.67. The highest BCUT2D eigenvalue weighted by Crippen LogP contribution is 2.33. The molecule has 146 valence electrons. The van der Waals surface area contributed by atoms with Crippen LogP contribution in [0.4, 0.5) is 0 Å². The predicted octanol–water partition coefficient (Wildman–Crippen LogP) is 3.26. The second kappa shape index (κ2) is 9.27. The fourth-order valence-electron chi connectivity index (χ4n) is 4.49. The zero-order valence-corrected chi connectivity index (χ0v) is 16.4. The van der Waals surface area contributed by atoms with Crippen LogP contribution in [0.1, 0.15) is 44.1 Å². The van der Waals surface area contributed by atoms with Gasteiger partial charge in [0.1, 0.15) is 0 Å². The van der Waals surface area contributed by atoms with Crippen molar-refractivity contribution >= 4 is 11.6 Å². The maximum atomic E-state index is 9.86. The van der Waals surface area contributed by atoms with Gasteiger partial charge >= 0.3 is 0 Å². The molecule has 3 rings (SSSR count). The zero-order chi connectivity index (χ0) is 18.5. The van der Waals surface area contributed by atoms with Crippen LogP contribution in [0.15, 0.2) is 12.1 Å². The molecule has 0 bridgehead atoms. The topological polar surface area (TPSA) is 56.2 Å². The number of aliphatic hydroxyl groups excluding tert-OH is 1. The molecule has 0 aromatic heterocycles. The highest BCUT2D eigenvalue weighted by Gasteiger charge is 2.32. The summed E-state index contributed by atoms with van der Waals surface area (Å²) < 4.78 is 5.22. The number of phenolic OH excluding ortho intramolecular Hbond substituents is 1. The number of hydrogen-bond acceptors (Lipinski definition) is 5. The molecule has 1 saturated carbocycles. The van der Waals surface area contributed by atoms with Gasteiger partial charge in [-0.25, -0.2) is 0 Å². The highest BCUT2D eigenvalue weighted by molar-refractivity contribution is 6.31. The van der Waals surface area contributed by atoms with E-state index in [1.54, 1.807) is 13.2 Å². The monoisotopic (exact) mass is 382 g/mol. The molecule has 1 aliphatic carbocycles.